The number of amides is 1. The van der Waals surface area contributed by atoms with Crippen molar-refractivity contribution in [2.75, 3.05) is 26.7 Å². The van der Waals surface area contributed by atoms with E-state index in [4.69, 9.17) is 9.47 Å². The van der Waals surface area contributed by atoms with E-state index in [0.29, 0.717) is 12.3 Å². The lowest BCUT2D eigenvalue weighted by Crippen LogP contribution is -2.44. The van der Waals surface area contributed by atoms with Crippen LogP contribution in [0.1, 0.15) is 38.2 Å². The Labute approximate surface area is 148 Å². The maximum atomic E-state index is 13.5. The molecule has 1 unspecified atom stereocenters. The summed E-state index contributed by atoms with van der Waals surface area (Å²) in [6.07, 6.45) is 4.21. The molecule has 1 spiro atoms. The van der Waals surface area contributed by atoms with E-state index in [9.17, 15) is 9.18 Å². The van der Waals surface area contributed by atoms with Gasteiger partial charge in [-0.2, -0.15) is 0 Å². The van der Waals surface area contributed by atoms with Crippen molar-refractivity contribution in [1.82, 2.24) is 10.2 Å². The number of likely N-dealkylation sites (tertiary alicyclic amines) is 1. The van der Waals surface area contributed by atoms with Crippen molar-refractivity contribution < 1.29 is 18.7 Å². The van der Waals surface area contributed by atoms with Crippen molar-refractivity contribution in [3.63, 3.8) is 0 Å². The van der Waals surface area contributed by atoms with E-state index >= 15 is 0 Å². The summed E-state index contributed by atoms with van der Waals surface area (Å²) in [5.74, 6) is -0.0339. The van der Waals surface area contributed by atoms with Crippen molar-refractivity contribution in [2.24, 2.45) is 0 Å². The highest BCUT2D eigenvalue weighted by Gasteiger charge is 2.42. The molecule has 5 nitrogen and oxygen atoms in total. The highest BCUT2D eigenvalue weighted by atomic mass is 19.1. The first kappa shape index (κ1) is 18.1. The van der Waals surface area contributed by atoms with Gasteiger partial charge in [-0.05, 0) is 43.4 Å². The monoisotopic (exact) mass is 350 g/mol. The molecule has 1 aromatic carbocycles. The number of ether oxygens (including phenoxy) is 2. The highest BCUT2D eigenvalue weighted by Crippen LogP contribution is 2.39. The molecular formula is C19H27FN2O3. The first-order valence-electron chi connectivity index (χ1n) is 8.97. The van der Waals surface area contributed by atoms with Crippen LogP contribution in [0, 0.1) is 5.82 Å². The van der Waals surface area contributed by atoms with E-state index in [1.807, 2.05) is 6.07 Å². The zero-order valence-corrected chi connectivity index (χ0v) is 15.0. The van der Waals surface area contributed by atoms with Gasteiger partial charge in [-0.25, -0.2) is 4.39 Å². The van der Waals surface area contributed by atoms with Crippen molar-refractivity contribution in [2.45, 2.75) is 50.9 Å². The Morgan fingerprint density at radius 1 is 1.40 bits per heavy atom. The Balaban J connectivity index is 1.50. The predicted octanol–water partition coefficient (Wildman–Crippen LogP) is 2.48. The van der Waals surface area contributed by atoms with Gasteiger partial charge in [0, 0.05) is 33.1 Å². The standard InChI is InChI=1S/C19H27FN2O3/c1-14(23)21-12-16-5-6-19(25-16)7-9-22(10-8-19)13-15-3-4-17(20)18(11-15)24-2/h3-4,11,16H,5-10,12-13H2,1-2H3,(H,21,23). The Bertz CT molecular complexity index is 615. The molecule has 1 amide bonds. The summed E-state index contributed by atoms with van der Waals surface area (Å²) in [6, 6.07) is 5.05. The number of carbonyl (C=O) groups excluding carboxylic acids is 1. The fourth-order valence-corrected chi connectivity index (χ4v) is 3.84. The van der Waals surface area contributed by atoms with Crippen LogP contribution in [0.15, 0.2) is 18.2 Å². The van der Waals surface area contributed by atoms with Crippen molar-refractivity contribution in [1.29, 1.82) is 0 Å². The summed E-state index contributed by atoms with van der Waals surface area (Å²) in [6.45, 7) is 4.87. The average molecular weight is 350 g/mol. The van der Waals surface area contributed by atoms with E-state index < -0.39 is 0 Å². The SMILES string of the molecule is COc1cc(CN2CCC3(CCC(CNC(C)=O)O3)CC2)ccc1F. The lowest BCUT2D eigenvalue weighted by Gasteiger charge is -2.39. The topological polar surface area (TPSA) is 50.8 Å². The fraction of sp³-hybridized carbons (Fsp3) is 0.632. The second kappa shape index (κ2) is 7.70. The molecule has 1 N–H and O–H groups in total. The molecule has 2 saturated heterocycles. The largest absolute Gasteiger partial charge is 0.494 e. The first-order chi connectivity index (χ1) is 12.0. The molecule has 0 aliphatic carbocycles. The molecule has 2 fully saturated rings. The van der Waals surface area contributed by atoms with Gasteiger partial charge in [0.15, 0.2) is 11.6 Å². The van der Waals surface area contributed by atoms with Crippen LogP contribution in [0.4, 0.5) is 4.39 Å². The van der Waals surface area contributed by atoms with Crippen LogP contribution in [-0.2, 0) is 16.1 Å². The molecule has 0 bridgehead atoms. The smallest absolute Gasteiger partial charge is 0.216 e. The molecule has 2 aliphatic heterocycles. The molecule has 0 aromatic heterocycles. The molecule has 2 aliphatic rings. The lowest BCUT2D eigenvalue weighted by atomic mass is 9.88. The Hall–Kier alpha value is -1.66. The summed E-state index contributed by atoms with van der Waals surface area (Å²) in [5, 5.41) is 2.85. The molecule has 2 heterocycles. The molecule has 138 valence electrons. The van der Waals surface area contributed by atoms with E-state index in [-0.39, 0.29) is 23.4 Å². The molecule has 0 radical (unpaired) electrons. The van der Waals surface area contributed by atoms with Gasteiger partial charge in [0.05, 0.1) is 18.8 Å². The Kier molecular flexibility index (Phi) is 5.59. The van der Waals surface area contributed by atoms with Gasteiger partial charge in [-0.15, -0.1) is 0 Å². The van der Waals surface area contributed by atoms with Crippen LogP contribution >= 0.6 is 0 Å². The number of benzene rings is 1. The van der Waals surface area contributed by atoms with Crippen LogP contribution < -0.4 is 10.1 Å². The Morgan fingerprint density at radius 3 is 2.84 bits per heavy atom. The van der Waals surface area contributed by atoms with Gasteiger partial charge in [0.1, 0.15) is 0 Å². The number of nitrogens with zero attached hydrogens (tertiary/aromatic N) is 1. The summed E-state index contributed by atoms with van der Waals surface area (Å²) >= 11 is 0. The number of rotatable bonds is 5. The third-order valence-corrected chi connectivity index (χ3v) is 5.31. The second-order valence-electron chi connectivity index (χ2n) is 7.14. The van der Waals surface area contributed by atoms with E-state index in [2.05, 4.69) is 10.2 Å². The number of hydrogen-bond acceptors (Lipinski definition) is 4. The van der Waals surface area contributed by atoms with Crippen molar-refractivity contribution in [3.8, 4) is 5.75 Å². The van der Waals surface area contributed by atoms with E-state index in [1.54, 1.807) is 6.07 Å². The zero-order chi connectivity index (χ0) is 17.9. The third kappa shape index (κ3) is 4.50. The molecule has 1 aromatic rings. The number of methoxy groups -OCH3 is 1. The molecule has 0 saturated carbocycles. The molecule has 3 rings (SSSR count). The van der Waals surface area contributed by atoms with E-state index in [1.165, 1.54) is 20.1 Å². The second-order valence-corrected chi connectivity index (χ2v) is 7.14. The number of piperidine rings is 1. The van der Waals surface area contributed by atoms with E-state index in [0.717, 1.165) is 50.9 Å². The molecule has 6 heteroatoms. The summed E-state index contributed by atoms with van der Waals surface area (Å²) in [5.41, 5.74) is 1.03. The molecule has 1 atom stereocenters. The maximum absolute atomic E-state index is 13.5. The van der Waals surface area contributed by atoms with Crippen molar-refractivity contribution in [3.05, 3.63) is 29.6 Å². The predicted molar refractivity (Wildman–Crippen MR) is 93.0 cm³/mol. The van der Waals surface area contributed by atoms with Gasteiger partial charge in [-0.3, -0.25) is 9.69 Å². The van der Waals surface area contributed by atoms with Crippen LogP contribution in [0.25, 0.3) is 0 Å². The van der Waals surface area contributed by atoms with Gasteiger partial charge in [0.2, 0.25) is 5.91 Å². The number of nitrogens with one attached hydrogen (secondary N) is 1. The minimum Gasteiger partial charge on any atom is -0.494 e. The third-order valence-electron chi connectivity index (χ3n) is 5.31. The van der Waals surface area contributed by atoms with Crippen LogP contribution in [0.3, 0.4) is 0 Å². The van der Waals surface area contributed by atoms with Gasteiger partial charge >= 0.3 is 0 Å². The lowest BCUT2D eigenvalue weighted by molar-refractivity contribution is -0.120. The average Bonchev–Trinajstić information content (AvgIpc) is 3.00. The molecule has 25 heavy (non-hydrogen) atoms. The quantitative estimate of drug-likeness (QED) is 0.886. The minimum absolute atomic E-state index is 0.00547. The maximum Gasteiger partial charge on any atom is 0.216 e. The number of halogens is 1. The summed E-state index contributed by atoms with van der Waals surface area (Å²) < 4.78 is 24.9. The minimum atomic E-state index is -0.326. The first-order valence-corrected chi connectivity index (χ1v) is 8.97. The molecular weight excluding hydrogens is 323 g/mol. The van der Waals surface area contributed by atoms with Gasteiger partial charge < -0.3 is 14.8 Å². The number of carbonyl (C=O) groups is 1. The van der Waals surface area contributed by atoms with Crippen LogP contribution in [-0.4, -0.2) is 49.3 Å². The summed E-state index contributed by atoms with van der Waals surface area (Å²) in [4.78, 5) is 13.4. The normalized spacial score (nSPS) is 22.9. The number of hydrogen-bond donors (Lipinski definition) is 1. The van der Waals surface area contributed by atoms with Gasteiger partial charge in [0.25, 0.3) is 0 Å². The fourth-order valence-electron chi connectivity index (χ4n) is 3.84. The summed E-state index contributed by atoms with van der Waals surface area (Å²) in [7, 11) is 1.49. The van der Waals surface area contributed by atoms with Crippen LogP contribution in [0.2, 0.25) is 0 Å². The highest BCUT2D eigenvalue weighted by molar-refractivity contribution is 5.72. The van der Waals surface area contributed by atoms with Crippen molar-refractivity contribution >= 4 is 5.91 Å². The zero-order valence-electron chi connectivity index (χ0n) is 15.0. The van der Waals surface area contributed by atoms with Gasteiger partial charge in [-0.1, -0.05) is 6.07 Å². The van der Waals surface area contributed by atoms with Crippen LogP contribution in [0.5, 0.6) is 5.75 Å². The Morgan fingerprint density at radius 2 is 2.16 bits per heavy atom.